The molecule has 0 spiro atoms. The Bertz CT molecular complexity index is 693. The number of aliphatic imine (C=N–C) groups is 1. The van der Waals surface area contributed by atoms with Crippen LogP contribution in [0.2, 0.25) is 0 Å². The molecule has 2 rings (SSSR count). The average Bonchev–Trinajstić information content (AvgIpc) is 2.99. The van der Waals surface area contributed by atoms with E-state index in [9.17, 15) is 4.39 Å². The monoisotopic (exact) mass is 296 g/mol. The number of nitrogens with two attached hydrogens (primary N) is 1. The SMILES string of the molecule is C=CC(/C=C\C)=C(\CN)C1=CC=NC1c1ccc(F)c(C)c1. The molecule has 1 unspecified atom stereocenters. The fraction of sp³-hybridized carbons (Fsp3) is 0.211. The number of nitrogens with zero attached hydrogens (tertiary/aromatic N) is 1. The maximum atomic E-state index is 13.5. The van der Waals surface area contributed by atoms with E-state index < -0.39 is 0 Å². The number of rotatable bonds is 5. The molecule has 1 aliphatic heterocycles. The molecular weight excluding hydrogens is 275 g/mol. The minimum Gasteiger partial charge on any atom is -0.326 e. The maximum Gasteiger partial charge on any atom is 0.126 e. The Morgan fingerprint density at radius 3 is 2.82 bits per heavy atom. The predicted molar refractivity (Wildman–Crippen MR) is 91.5 cm³/mol. The van der Waals surface area contributed by atoms with Crippen LogP contribution in [0.3, 0.4) is 0 Å². The zero-order valence-corrected chi connectivity index (χ0v) is 13.0. The van der Waals surface area contributed by atoms with Gasteiger partial charge in [0.25, 0.3) is 0 Å². The lowest BCUT2D eigenvalue weighted by atomic mass is 9.90. The third-order valence-electron chi connectivity index (χ3n) is 3.75. The van der Waals surface area contributed by atoms with Gasteiger partial charge in [-0.05, 0) is 53.8 Å². The molecule has 2 nitrogen and oxygen atoms in total. The van der Waals surface area contributed by atoms with E-state index in [0.717, 1.165) is 22.3 Å². The van der Waals surface area contributed by atoms with Gasteiger partial charge in [0.15, 0.2) is 0 Å². The minimum atomic E-state index is -0.202. The van der Waals surface area contributed by atoms with Gasteiger partial charge in [-0.3, -0.25) is 4.99 Å². The first kappa shape index (κ1) is 16.1. The van der Waals surface area contributed by atoms with Crippen molar-refractivity contribution in [2.45, 2.75) is 19.9 Å². The fourth-order valence-electron chi connectivity index (χ4n) is 2.62. The van der Waals surface area contributed by atoms with Crippen molar-refractivity contribution in [2.24, 2.45) is 10.7 Å². The van der Waals surface area contributed by atoms with Crippen molar-refractivity contribution in [3.63, 3.8) is 0 Å². The van der Waals surface area contributed by atoms with Crippen molar-refractivity contribution in [3.8, 4) is 0 Å². The standard InChI is InChI=1S/C19H21FN2/c1-4-6-14(5-2)17(12-21)16-9-10-22-19(16)15-7-8-18(20)13(3)11-15/h4-11,19H,2,12,21H2,1,3H3/b6-4-,17-14-. The molecule has 2 N–H and O–H groups in total. The van der Waals surface area contributed by atoms with Crippen LogP contribution >= 0.6 is 0 Å². The van der Waals surface area contributed by atoms with E-state index in [1.54, 1.807) is 25.3 Å². The van der Waals surface area contributed by atoms with Crippen molar-refractivity contribution in [1.82, 2.24) is 0 Å². The molecule has 1 aromatic carbocycles. The van der Waals surface area contributed by atoms with Gasteiger partial charge in [-0.25, -0.2) is 4.39 Å². The summed E-state index contributed by atoms with van der Waals surface area (Å²) in [6.45, 7) is 7.98. The zero-order valence-electron chi connectivity index (χ0n) is 13.0. The molecule has 0 aromatic heterocycles. The Morgan fingerprint density at radius 2 is 2.23 bits per heavy atom. The summed E-state index contributed by atoms with van der Waals surface area (Å²) in [4.78, 5) is 4.52. The maximum absolute atomic E-state index is 13.5. The van der Waals surface area contributed by atoms with Crippen molar-refractivity contribution >= 4 is 6.21 Å². The van der Waals surface area contributed by atoms with E-state index in [2.05, 4.69) is 11.6 Å². The highest BCUT2D eigenvalue weighted by atomic mass is 19.1. The Morgan fingerprint density at radius 1 is 1.45 bits per heavy atom. The summed E-state index contributed by atoms with van der Waals surface area (Å²) in [5.74, 6) is -0.202. The molecule has 0 aliphatic carbocycles. The van der Waals surface area contributed by atoms with Crippen LogP contribution in [0.1, 0.15) is 24.1 Å². The number of halogens is 1. The predicted octanol–water partition coefficient (Wildman–Crippen LogP) is 4.20. The van der Waals surface area contributed by atoms with Crippen molar-refractivity contribution in [2.75, 3.05) is 6.54 Å². The van der Waals surface area contributed by atoms with Crippen LogP contribution in [0.4, 0.5) is 4.39 Å². The van der Waals surface area contributed by atoms with Crippen molar-refractivity contribution in [1.29, 1.82) is 0 Å². The number of benzene rings is 1. The summed E-state index contributed by atoms with van der Waals surface area (Å²) in [5, 5.41) is 0. The minimum absolute atomic E-state index is 0.141. The normalized spacial score (nSPS) is 18.5. The molecule has 1 heterocycles. The molecule has 0 saturated heterocycles. The summed E-state index contributed by atoms with van der Waals surface area (Å²) in [6.07, 6.45) is 9.50. The Balaban J connectivity index is 2.46. The topological polar surface area (TPSA) is 38.4 Å². The second kappa shape index (κ2) is 7.14. The molecule has 1 atom stereocenters. The van der Waals surface area contributed by atoms with Crippen LogP contribution in [0, 0.1) is 12.7 Å². The largest absolute Gasteiger partial charge is 0.326 e. The van der Waals surface area contributed by atoms with E-state index in [0.29, 0.717) is 12.1 Å². The quantitative estimate of drug-likeness (QED) is 0.812. The third kappa shape index (κ3) is 3.15. The van der Waals surface area contributed by atoms with Gasteiger partial charge in [0, 0.05) is 12.8 Å². The van der Waals surface area contributed by atoms with E-state index in [1.807, 2.05) is 31.2 Å². The van der Waals surface area contributed by atoms with Crippen molar-refractivity contribution < 1.29 is 4.39 Å². The molecular formula is C19H21FN2. The third-order valence-corrected chi connectivity index (χ3v) is 3.75. The zero-order chi connectivity index (χ0) is 16.1. The van der Waals surface area contributed by atoms with Crippen LogP contribution < -0.4 is 5.73 Å². The Hall–Kier alpha value is -2.26. The highest BCUT2D eigenvalue weighted by Gasteiger charge is 2.22. The van der Waals surface area contributed by atoms with Crippen LogP contribution in [-0.2, 0) is 0 Å². The first-order valence-electron chi connectivity index (χ1n) is 7.30. The van der Waals surface area contributed by atoms with Gasteiger partial charge in [-0.1, -0.05) is 36.9 Å². The highest BCUT2D eigenvalue weighted by Crippen LogP contribution is 2.35. The van der Waals surface area contributed by atoms with Crippen LogP contribution in [-0.4, -0.2) is 12.8 Å². The van der Waals surface area contributed by atoms with Gasteiger partial charge >= 0.3 is 0 Å². The summed E-state index contributed by atoms with van der Waals surface area (Å²) in [7, 11) is 0. The van der Waals surface area contributed by atoms with E-state index >= 15 is 0 Å². The Kier molecular flexibility index (Phi) is 5.23. The summed E-state index contributed by atoms with van der Waals surface area (Å²) < 4.78 is 13.5. The molecule has 22 heavy (non-hydrogen) atoms. The molecule has 1 aliphatic rings. The van der Waals surface area contributed by atoms with Gasteiger partial charge in [0.2, 0.25) is 0 Å². The molecule has 0 fully saturated rings. The van der Waals surface area contributed by atoms with Gasteiger partial charge in [-0.15, -0.1) is 0 Å². The summed E-state index contributed by atoms with van der Waals surface area (Å²) >= 11 is 0. The van der Waals surface area contributed by atoms with Gasteiger partial charge in [0.1, 0.15) is 11.9 Å². The lowest BCUT2D eigenvalue weighted by Crippen LogP contribution is -2.11. The highest BCUT2D eigenvalue weighted by molar-refractivity contribution is 5.79. The van der Waals surface area contributed by atoms with Gasteiger partial charge < -0.3 is 5.73 Å². The molecule has 0 saturated carbocycles. The Labute approximate surface area is 131 Å². The molecule has 0 amide bonds. The number of hydrogen-bond acceptors (Lipinski definition) is 2. The average molecular weight is 296 g/mol. The first-order chi connectivity index (χ1) is 10.6. The second-order valence-electron chi connectivity index (χ2n) is 5.17. The molecule has 1 aromatic rings. The molecule has 3 heteroatoms. The van der Waals surface area contributed by atoms with E-state index in [1.165, 1.54) is 6.07 Å². The lowest BCUT2D eigenvalue weighted by Gasteiger charge is -2.18. The molecule has 0 radical (unpaired) electrons. The summed E-state index contributed by atoms with van der Waals surface area (Å²) in [6, 6.07) is 4.97. The van der Waals surface area contributed by atoms with Crippen LogP contribution in [0.15, 0.2) is 70.8 Å². The summed E-state index contributed by atoms with van der Waals surface area (Å²) in [5.41, 5.74) is 10.6. The smallest absolute Gasteiger partial charge is 0.126 e. The van der Waals surface area contributed by atoms with E-state index in [4.69, 9.17) is 5.73 Å². The molecule has 114 valence electrons. The number of hydrogen-bond donors (Lipinski definition) is 1. The molecule has 0 bridgehead atoms. The van der Waals surface area contributed by atoms with Gasteiger partial charge in [-0.2, -0.15) is 0 Å². The number of aryl methyl sites for hydroxylation is 1. The van der Waals surface area contributed by atoms with Crippen LogP contribution in [0.5, 0.6) is 0 Å². The fourth-order valence-corrected chi connectivity index (χ4v) is 2.62. The van der Waals surface area contributed by atoms with Crippen molar-refractivity contribution in [3.05, 3.63) is 82.7 Å². The van der Waals surface area contributed by atoms with E-state index in [-0.39, 0.29) is 11.9 Å². The van der Waals surface area contributed by atoms with Gasteiger partial charge in [0.05, 0.1) is 0 Å². The first-order valence-corrected chi connectivity index (χ1v) is 7.30. The van der Waals surface area contributed by atoms with Crippen LogP contribution in [0.25, 0.3) is 0 Å². The lowest BCUT2D eigenvalue weighted by molar-refractivity contribution is 0.617. The number of allylic oxidation sites excluding steroid dienone is 5. The second-order valence-corrected chi connectivity index (χ2v) is 5.17.